The van der Waals surface area contributed by atoms with E-state index in [0.717, 1.165) is 4.47 Å². The molecule has 0 bridgehead atoms. The summed E-state index contributed by atoms with van der Waals surface area (Å²) in [5.74, 6) is 1.14. The molecule has 2 aromatic carbocycles. The molecule has 3 N–H and O–H groups in total. The third-order valence-corrected chi connectivity index (χ3v) is 3.87. The number of hydrogen-bond donors (Lipinski definition) is 2. The molecule has 0 fully saturated rings. The standard InChI is InChI=1S/C16H17BrFN3O2/c1-22-12-4-6-15(23-2)14(8-12)21-16(19)20-9-10-7-11(18)3-5-13(10)17/h3-8H,9H2,1-2H3,(H3,19,20,21). The minimum atomic E-state index is -0.320. The van der Waals surface area contributed by atoms with E-state index in [1.807, 2.05) is 0 Å². The molecule has 0 amide bonds. The first-order chi connectivity index (χ1) is 11.0. The monoisotopic (exact) mass is 381 g/mol. The number of ether oxygens (including phenoxy) is 2. The topological polar surface area (TPSA) is 68.9 Å². The van der Waals surface area contributed by atoms with Gasteiger partial charge in [0.15, 0.2) is 5.96 Å². The lowest BCUT2D eigenvalue weighted by Gasteiger charge is -2.12. The number of nitrogens with one attached hydrogen (secondary N) is 1. The number of hydrogen-bond acceptors (Lipinski definition) is 3. The van der Waals surface area contributed by atoms with E-state index in [9.17, 15) is 4.39 Å². The van der Waals surface area contributed by atoms with Crippen molar-refractivity contribution in [1.29, 1.82) is 0 Å². The first-order valence-corrected chi connectivity index (χ1v) is 7.55. The summed E-state index contributed by atoms with van der Waals surface area (Å²) >= 11 is 3.36. The number of halogens is 2. The maximum absolute atomic E-state index is 13.3. The molecular weight excluding hydrogens is 365 g/mol. The molecule has 5 nitrogen and oxygen atoms in total. The predicted molar refractivity (Wildman–Crippen MR) is 92.6 cm³/mol. The van der Waals surface area contributed by atoms with Crippen LogP contribution in [0.5, 0.6) is 11.5 Å². The predicted octanol–water partition coefficient (Wildman–Crippen LogP) is 3.53. The van der Waals surface area contributed by atoms with Gasteiger partial charge in [0.25, 0.3) is 0 Å². The molecule has 7 heteroatoms. The second kappa shape index (κ2) is 7.82. The Balaban J connectivity index is 2.15. The molecule has 23 heavy (non-hydrogen) atoms. The van der Waals surface area contributed by atoms with E-state index in [1.165, 1.54) is 12.1 Å². The first kappa shape index (κ1) is 17.1. The summed E-state index contributed by atoms with van der Waals surface area (Å²) < 4.78 is 24.5. The van der Waals surface area contributed by atoms with Gasteiger partial charge in [-0.25, -0.2) is 9.38 Å². The molecule has 0 aliphatic carbocycles. The summed E-state index contributed by atoms with van der Waals surface area (Å²) in [6.45, 7) is 0.240. The molecular formula is C16H17BrFN3O2. The van der Waals surface area contributed by atoms with Crippen molar-refractivity contribution in [1.82, 2.24) is 0 Å². The summed E-state index contributed by atoms with van der Waals surface area (Å²) in [6.07, 6.45) is 0. The van der Waals surface area contributed by atoms with Gasteiger partial charge in [-0.15, -0.1) is 0 Å². The fraction of sp³-hybridized carbons (Fsp3) is 0.188. The van der Waals surface area contributed by atoms with E-state index in [4.69, 9.17) is 15.2 Å². The lowest BCUT2D eigenvalue weighted by molar-refractivity contribution is 0.405. The Morgan fingerprint density at radius 3 is 2.70 bits per heavy atom. The normalized spacial score (nSPS) is 11.2. The first-order valence-electron chi connectivity index (χ1n) is 6.76. The van der Waals surface area contributed by atoms with E-state index in [-0.39, 0.29) is 18.3 Å². The smallest absolute Gasteiger partial charge is 0.193 e. The maximum Gasteiger partial charge on any atom is 0.193 e. The van der Waals surface area contributed by atoms with Gasteiger partial charge in [-0.05, 0) is 35.9 Å². The molecule has 0 spiro atoms. The second-order valence-corrected chi connectivity index (χ2v) is 5.48. The van der Waals surface area contributed by atoms with Gasteiger partial charge in [-0.2, -0.15) is 0 Å². The third-order valence-electron chi connectivity index (χ3n) is 3.10. The second-order valence-electron chi connectivity index (χ2n) is 4.63. The van der Waals surface area contributed by atoms with E-state index in [2.05, 4.69) is 26.2 Å². The average molecular weight is 382 g/mol. The molecule has 0 aromatic heterocycles. The van der Waals surface area contributed by atoms with Crippen LogP contribution in [0.3, 0.4) is 0 Å². The van der Waals surface area contributed by atoms with Gasteiger partial charge in [0, 0.05) is 10.5 Å². The van der Waals surface area contributed by atoms with Crippen LogP contribution in [0, 0.1) is 5.82 Å². The van der Waals surface area contributed by atoms with Crippen molar-refractivity contribution in [2.24, 2.45) is 10.7 Å². The van der Waals surface area contributed by atoms with Crippen LogP contribution >= 0.6 is 15.9 Å². The zero-order valence-corrected chi connectivity index (χ0v) is 14.4. The molecule has 0 saturated heterocycles. The van der Waals surface area contributed by atoms with Crippen LogP contribution in [0.15, 0.2) is 45.9 Å². The van der Waals surface area contributed by atoms with Crippen LogP contribution in [-0.2, 0) is 6.54 Å². The van der Waals surface area contributed by atoms with Crippen LogP contribution in [0.1, 0.15) is 5.56 Å². The Hall–Kier alpha value is -2.28. The third kappa shape index (κ3) is 4.59. The number of anilines is 1. The number of nitrogens with zero attached hydrogens (tertiary/aromatic N) is 1. The molecule has 0 saturated carbocycles. The molecule has 2 rings (SSSR count). The molecule has 2 aromatic rings. The number of guanidine groups is 1. The largest absolute Gasteiger partial charge is 0.497 e. The van der Waals surface area contributed by atoms with Gasteiger partial charge in [0.1, 0.15) is 17.3 Å². The van der Waals surface area contributed by atoms with Gasteiger partial charge < -0.3 is 20.5 Å². The molecule has 0 radical (unpaired) electrons. The van der Waals surface area contributed by atoms with Crippen molar-refractivity contribution in [2.75, 3.05) is 19.5 Å². The Kier molecular flexibility index (Phi) is 5.81. The van der Waals surface area contributed by atoms with Gasteiger partial charge in [0.05, 0.1) is 26.5 Å². The Bertz CT molecular complexity index is 722. The number of aliphatic imine (C=N–C) groups is 1. The highest BCUT2D eigenvalue weighted by molar-refractivity contribution is 9.10. The van der Waals surface area contributed by atoms with Crippen molar-refractivity contribution in [2.45, 2.75) is 6.54 Å². The van der Waals surface area contributed by atoms with Crippen molar-refractivity contribution in [3.63, 3.8) is 0 Å². The van der Waals surface area contributed by atoms with Crippen molar-refractivity contribution in [3.05, 3.63) is 52.3 Å². The van der Waals surface area contributed by atoms with Gasteiger partial charge in [-0.3, -0.25) is 0 Å². The van der Waals surface area contributed by atoms with Crippen LogP contribution in [0.4, 0.5) is 10.1 Å². The maximum atomic E-state index is 13.3. The Morgan fingerprint density at radius 2 is 2.00 bits per heavy atom. The number of nitrogens with two attached hydrogens (primary N) is 1. The van der Waals surface area contributed by atoms with Crippen LogP contribution in [0.2, 0.25) is 0 Å². The quantitative estimate of drug-likeness (QED) is 0.613. The van der Waals surface area contributed by atoms with Gasteiger partial charge in [0.2, 0.25) is 0 Å². The fourth-order valence-corrected chi connectivity index (χ4v) is 2.30. The molecule has 0 unspecified atom stereocenters. The summed E-state index contributed by atoms with van der Waals surface area (Å²) in [4.78, 5) is 4.21. The molecule has 122 valence electrons. The molecule has 0 aliphatic rings. The van der Waals surface area contributed by atoms with E-state index < -0.39 is 0 Å². The zero-order chi connectivity index (χ0) is 16.8. The van der Waals surface area contributed by atoms with Crippen LogP contribution in [0.25, 0.3) is 0 Å². The van der Waals surface area contributed by atoms with E-state index in [1.54, 1.807) is 38.5 Å². The highest BCUT2D eigenvalue weighted by Crippen LogP contribution is 2.28. The highest BCUT2D eigenvalue weighted by atomic mass is 79.9. The minimum absolute atomic E-state index is 0.188. The van der Waals surface area contributed by atoms with Gasteiger partial charge in [-0.1, -0.05) is 15.9 Å². The van der Waals surface area contributed by atoms with Crippen molar-refractivity contribution >= 4 is 27.6 Å². The van der Waals surface area contributed by atoms with E-state index >= 15 is 0 Å². The van der Waals surface area contributed by atoms with Crippen molar-refractivity contribution in [3.8, 4) is 11.5 Å². The Labute approximate surface area is 142 Å². The van der Waals surface area contributed by atoms with E-state index in [0.29, 0.717) is 22.7 Å². The molecule has 0 aliphatic heterocycles. The summed E-state index contributed by atoms with van der Waals surface area (Å²) in [5, 5.41) is 2.95. The summed E-state index contributed by atoms with van der Waals surface area (Å²) in [5.41, 5.74) is 7.22. The fourth-order valence-electron chi connectivity index (χ4n) is 1.92. The zero-order valence-electron chi connectivity index (χ0n) is 12.8. The number of rotatable bonds is 5. The number of methoxy groups -OCH3 is 2. The molecule has 0 heterocycles. The SMILES string of the molecule is COc1ccc(OC)c(NC(N)=NCc2cc(F)ccc2Br)c1. The lowest BCUT2D eigenvalue weighted by Crippen LogP contribution is -2.23. The van der Waals surface area contributed by atoms with Crippen LogP contribution < -0.4 is 20.5 Å². The summed E-state index contributed by atoms with van der Waals surface area (Å²) in [7, 11) is 3.13. The van der Waals surface area contributed by atoms with Crippen LogP contribution in [-0.4, -0.2) is 20.2 Å². The highest BCUT2D eigenvalue weighted by Gasteiger charge is 2.07. The Morgan fingerprint density at radius 1 is 1.22 bits per heavy atom. The minimum Gasteiger partial charge on any atom is -0.497 e. The van der Waals surface area contributed by atoms with Gasteiger partial charge >= 0.3 is 0 Å². The van der Waals surface area contributed by atoms with Crippen molar-refractivity contribution < 1.29 is 13.9 Å². The average Bonchev–Trinajstić information content (AvgIpc) is 2.55. The molecule has 0 atom stereocenters. The summed E-state index contributed by atoms with van der Waals surface area (Å²) in [6, 6.07) is 9.71. The lowest BCUT2D eigenvalue weighted by atomic mass is 10.2. The number of benzene rings is 2.